The van der Waals surface area contributed by atoms with Crippen LogP contribution >= 0.6 is 0 Å². The Morgan fingerprint density at radius 1 is 1.00 bits per heavy atom. The van der Waals surface area contributed by atoms with Crippen LogP contribution in [0.3, 0.4) is 0 Å². The van der Waals surface area contributed by atoms with Gasteiger partial charge in [0.1, 0.15) is 5.75 Å². The zero-order valence-electron chi connectivity index (χ0n) is 11.3. The van der Waals surface area contributed by atoms with E-state index >= 15 is 0 Å². The second-order valence-electron chi connectivity index (χ2n) is 4.73. The van der Waals surface area contributed by atoms with E-state index in [1.807, 2.05) is 31.2 Å². The van der Waals surface area contributed by atoms with Gasteiger partial charge in [0.2, 0.25) is 0 Å². The number of hydrogen-bond acceptors (Lipinski definition) is 2. The highest BCUT2D eigenvalue weighted by Crippen LogP contribution is 2.17. The summed E-state index contributed by atoms with van der Waals surface area (Å²) in [5, 5.41) is 0. The summed E-state index contributed by atoms with van der Waals surface area (Å²) in [5.74, 6) is 0.464. The summed E-state index contributed by atoms with van der Waals surface area (Å²) in [6, 6.07) is 15.8. The largest absolute Gasteiger partial charge is 0.426 e. The van der Waals surface area contributed by atoms with Crippen molar-refractivity contribution in [3.8, 4) is 5.75 Å². The Hall–Kier alpha value is -2.09. The second-order valence-corrected chi connectivity index (χ2v) is 4.73. The van der Waals surface area contributed by atoms with E-state index in [0.29, 0.717) is 18.6 Å². The van der Waals surface area contributed by atoms with Crippen LogP contribution in [0.25, 0.3) is 0 Å². The van der Waals surface area contributed by atoms with Crippen molar-refractivity contribution < 1.29 is 9.53 Å². The number of aryl methyl sites for hydroxylation is 3. The number of para-hydroxylation sites is 1. The third kappa shape index (κ3) is 3.95. The van der Waals surface area contributed by atoms with Gasteiger partial charge in [-0.3, -0.25) is 4.79 Å². The molecule has 0 aromatic heterocycles. The van der Waals surface area contributed by atoms with Crippen LogP contribution in [0.2, 0.25) is 0 Å². The Morgan fingerprint density at radius 3 is 2.37 bits per heavy atom. The number of rotatable bonds is 4. The molecule has 2 rings (SSSR count). The van der Waals surface area contributed by atoms with Gasteiger partial charge in [-0.25, -0.2) is 0 Å². The van der Waals surface area contributed by atoms with Crippen molar-refractivity contribution in [1.29, 1.82) is 0 Å². The maximum absolute atomic E-state index is 11.8. The molecule has 0 atom stereocenters. The molecule has 0 saturated carbocycles. The molecule has 0 spiro atoms. The van der Waals surface area contributed by atoms with Crippen molar-refractivity contribution in [1.82, 2.24) is 0 Å². The maximum Gasteiger partial charge on any atom is 0.311 e. The Bertz CT molecular complexity index is 556. The van der Waals surface area contributed by atoms with Crippen molar-refractivity contribution in [3.05, 3.63) is 65.2 Å². The van der Waals surface area contributed by atoms with E-state index in [4.69, 9.17) is 4.74 Å². The van der Waals surface area contributed by atoms with Crippen LogP contribution in [0.4, 0.5) is 0 Å². The molecule has 0 bridgehead atoms. The van der Waals surface area contributed by atoms with Crippen LogP contribution in [-0.2, 0) is 11.2 Å². The topological polar surface area (TPSA) is 26.3 Å². The first kappa shape index (κ1) is 13.3. The van der Waals surface area contributed by atoms with E-state index in [9.17, 15) is 4.79 Å². The number of esters is 1. The smallest absolute Gasteiger partial charge is 0.311 e. The molecule has 2 aromatic rings. The molecule has 0 aliphatic rings. The molecule has 0 aliphatic heterocycles. The third-order valence-corrected chi connectivity index (χ3v) is 3.06. The summed E-state index contributed by atoms with van der Waals surface area (Å²) < 4.78 is 5.35. The standard InChI is InChI=1S/C17H18O2/c1-13-7-9-15(10-8-13)11-12-17(18)19-16-6-4-3-5-14(16)2/h3-10H,11-12H2,1-2H3. The fourth-order valence-electron chi connectivity index (χ4n) is 1.85. The van der Waals surface area contributed by atoms with Crippen molar-refractivity contribution >= 4 is 5.97 Å². The fraction of sp³-hybridized carbons (Fsp3) is 0.235. The number of benzene rings is 2. The van der Waals surface area contributed by atoms with Crippen LogP contribution in [0.15, 0.2) is 48.5 Å². The minimum Gasteiger partial charge on any atom is -0.426 e. The maximum atomic E-state index is 11.8. The highest BCUT2D eigenvalue weighted by Gasteiger charge is 2.07. The average molecular weight is 254 g/mol. The number of carbonyl (C=O) groups is 1. The lowest BCUT2D eigenvalue weighted by Crippen LogP contribution is -2.09. The number of hydrogen-bond donors (Lipinski definition) is 0. The molecule has 0 aliphatic carbocycles. The van der Waals surface area contributed by atoms with Crippen molar-refractivity contribution in [3.63, 3.8) is 0 Å². The SMILES string of the molecule is Cc1ccc(CCC(=O)Oc2ccccc2C)cc1. The summed E-state index contributed by atoms with van der Waals surface area (Å²) >= 11 is 0. The molecule has 0 fully saturated rings. The third-order valence-electron chi connectivity index (χ3n) is 3.06. The molecule has 2 aromatic carbocycles. The van der Waals surface area contributed by atoms with Gasteiger partial charge in [-0.15, -0.1) is 0 Å². The lowest BCUT2D eigenvalue weighted by molar-refractivity contribution is -0.134. The molecule has 0 heterocycles. The first-order valence-electron chi connectivity index (χ1n) is 6.47. The van der Waals surface area contributed by atoms with Gasteiger partial charge in [0.15, 0.2) is 0 Å². The normalized spacial score (nSPS) is 10.2. The fourth-order valence-corrected chi connectivity index (χ4v) is 1.85. The van der Waals surface area contributed by atoms with Crippen molar-refractivity contribution in [2.75, 3.05) is 0 Å². The molecular weight excluding hydrogens is 236 g/mol. The summed E-state index contributed by atoms with van der Waals surface area (Å²) in [5.41, 5.74) is 3.37. The first-order chi connectivity index (χ1) is 9.15. The van der Waals surface area contributed by atoms with E-state index in [-0.39, 0.29) is 5.97 Å². The van der Waals surface area contributed by atoms with Gasteiger partial charge in [-0.1, -0.05) is 48.0 Å². The molecule has 98 valence electrons. The Kier molecular flexibility index (Phi) is 4.35. The molecule has 2 nitrogen and oxygen atoms in total. The average Bonchev–Trinajstić information content (AvgIpc) is 2.41. The molecule has 0 N–H and O–H groups in total. The Morgan fingerprint density at radius 2 is 1.68 bits per heavy atom. The van der Waals surface area contributed by atoms with Crippen LogP contribution < -0.4 is 4.74 Å². The van der Waals surface area contributed by atoms with Crippen molar-refractivity contribution in [2.24, 2.45) is 0 Å². The highest BCUT2D eigenvalue weighted by molar-refractivity contribution is 5.73. The van der Waals surface area contributed by atoms with E-state index < -0.39 is 0 Å². The quantitative estimate of drug-likeness (QED) is 0.612. The van der Waals surface area contributed by atoms with Crippen LogP contribution in [0, 0.1) is 13.8 Å². The van der Waals surface area contributed by atoms with Gasteiger partial charge in [0.25, 0.3) is 0 Å². The summed E-state index contributed by atoms with van der Waals surface area (Å²) in [6.07, 6.45) is 1.11. The predicted molar refractivity (Wildman–Crippen MR) is 76.3 cm³/mol. The van der Waals surface area contributed by atoms with E-state index in [1.54, 1.807) is 0 Å². The van der Waals surface area contributed by atoms with Crippen LogP contribution in [-0.4, -0.2) is 5.97 Å². The van der Waals surface area contributed by atoms with Gasteiger partial charge in [0.05, 0.1) is 0 Å². The molecule has 0 unspecified atom stereocenters. The summed E-state index contributed by atoms with van der Waals surface area (Å²) in [7, 11) is 0. The van der Waals surface area contributed by atoms with Gasteiger partial charge in [0, 0.05) is 6.42 Å². The zero-order chi connectivity index (χ0) is 13.7. The summed E-state index contributed by atoms with van der Waals surface area (Å²) in [6.45, 7) is 3.98. The summed E-state index contributed by atoms with van der Waals surface area (Å²) in [4.78, 5) is 11.8. The highest BCUT2D eigenvalue weighted by atomic mass is 16.5. The molecule has 19 heavy (non-hydrogen) atoms. The van der Waals surface area contributed by atoms with E-state index in [1.165, 1.54) is 5.56 Å². The first-order valence-corrected chi connectivity index (χ1v) is 6.47. The lowest BCUT2D eigenvalue weighted by Gasteiger charge is -2.07. The molecular formula is C17H18O2. The predicted octanol–water partition coefficient (Wildman–Crippen LogP) is 3.84. The second kappa shape index (κ2) is 6.19. The van der Waals surface area contributed by atoms with Crippen molar-refractivity contribution in [2.45, 2.75) is 26.7 Å². The van der Waals surface area contributed by atoms with Gasteiger partial charge < -0.3 is 4.74 Å². The van der Waals surface area contributed by atoms with Gasteiger partial charge >= 0.3 is 5.97 Å². The zero-order valence-corrected chi connectivity index (χ0v) is 11.3. The number of ether oxygens (including phenoxy) is 1. The number of carbonyl (C=O) groups excluding carboxylic acids is 1. The van der Waals surface area contributed by atoms with Gasteiger partial charge in [-0.05, 0) is 37.5 Å². The van der Waals surface area contributed by atoms with Crippen LogP contribution in [0.5, 0.6) is 5.75 Å². The van der Waals surface area contributed by atoms with E-state index in [2.05, 4.69) is 31.2 Å². The van der Waals surface area contributed by atoms with Gasteiger partial charge in [-0.2, -0.15) is 0 Å². The lowest BCUT2D eigenvalue weighted by atomic mass is 10.1. The minimum atomic E-state index is -0.185. The minimum absolute atomic E-state index is 0.185. The Labute approximate surface area is 114 Å². The molecule has 2 heteroatoms. The Balaban J connectivity index is 1.88. The molecule has 0 radical (unpaired) electrons. The van der Waals surface area contributed by atoms with Crippen LogP contribution in [0.1, 0.15) is 23.1 Å². The molecule has 0 saturated heterocycles. The monoisotopic (exact) mass is 254 g/mol. The molecule has 0 amide bonds. The van der Waals surface area contributed by atoms with E-state index in [0.717, 1.165) is 11.1 Å².